The van der Waals surface area contributed by atoms with Crippen LogP contribution in [0.25, 0.3) is 0 Å². The number of anilines is 2. The van der Waals surface area contributed by atoms with Gasteiger partial charge in [0.15, 0.2) is 0 Å². The Kier molecular flexibility index (Phi) is 4.04. The highest BCUT2D eigenvalue weighted by Gasteiger charge is 2.17. The van der Waals surface area contributed by atoms with Gasteiger partial charge < -0.3 is 10.2 Å². The molecular formula is C16H16Cl2N2. The molecule has 1 aliphatic heterocycles. The summed E-state index contributed by atoms with van der Waals surface area (Å²) in [7, 11) is 0. The molecule has 104 valence electrons. The maximum Gasteiger partial charge on any atom is 0.0612 e. The molecule has 3 rings (SSSR count). The monoisotopic (exact) mass is 306 g/mol. The van der Waals surface area contributed by atoms with Crippen molar-refractivity contribution in [3.63, 3.8) is 0 Å². The van der Waals surface area contributed by atoms with E-state index in [0.29, 0.717) is 10.0 Å². The van der Waals surface area contributed by atoms with E-state index in [1.54, 1.807) is 0 Å². The molecule has 0 amide bonds. The van der Waals surface area contributed by atoms with Crippen LogP contribution in [0.5, 0.6) is 0 Å². The van der Waals surface area contributed by atoms with Crippen molar-refractivity contribution in [3.05, 3.63) is 58.1 Å². The molecular weight excluding hydrogens is 291 g/mol. The van der Waals surface area contributed by atoms with Crippen molar-refractivity contribution in [1.29, 1.82) is 0 Å². The van der Waals surface area contributed by atoms with Crippen LogP contribution >= 0.6 is 23.2 Å². The third-order valence-electron chi connectivity index (χ3n) is 3.61. The highest BCUT2D eigenvalue weighted by atomic mass is 35.5. The number of benzene rings is 2. The minimum absolute atomic E-state index is 0.586. The maximum atomic E-state index is 6.00. The second-order valence-corrected chi connectivity index (χ2v) is 5.74. The van der Waals surface area contributed by atoms with Gasteiger partial charge in [-0.15, -0.1) is 0 Å². The molecule has 0 aromatic heterocycles. The fourth-order valence-electron chi connectivity index (χ4n) is 2.58. The lowest BCUT2D eigenvalue weighted by molar-refractivity contribution is 0.839. The first-order valence-corrected chi connectivity index (χ1v) is 7.51. The van der Waals surface area contributed by atoms with Gasteiger partial charge in [-0.1, -0.05) is 41.4 Å². The number of nitrogens with one attached hydrogen (secondary N) is 1. The van der Waals surface area contributed by atoms with Gasteiger partial charge in [0.25, 0.3) is 0 Å². The lowest BCUT2D eigenvalue weighted by Gasteiger charge is -2.20. The van der Waals surface area contributed by atoms with Gasteiger partial charge in [0.1, 0.15) is 0 Å². The zero-order valence-corrected chi connectivity index (χ0v) is 12.6. The van der Waals surface area contributed by atoms with Gasteiger partial charge in [-0.05, 0) is 36.2 Å². The summed E-state index contributed by atoms with van der Waals surface area (Å²) >= 11 is 11.9. The van der Waals surface area contributed by atoms with Crippen LogP contribution in [0.15, 0.2) is 42.5 Å². The van der Waals surface area contributed by atoms with Gasteiger partial charge >= 0.3 is 0 Å². The Morgan fingerprint density at radius 2 is 1.90 bits per heavy atom. The number of nitrogens with zero attached hydrogens (tertiary/aromatic N) is 1. The summed E-state index contributed by atoms with van der Waals surface area (Å²) < 4.78 is 0. The molecule has 0 unspecified atom stereocenters. The zero-order chi connectivity index (χ0) is 13.9. The molecule has 0 atom stereocenters. The number of halogens is 2. The van der Waals surface area contributed by atoms with E-state index >= 15 is 0 Å². The summed E-state index contributed by atoms with van der Waals surface area (Å²) in [6.07, 6.45) is 1.14. The molecule has 2 aromatic carbocycles. The lowest BCUT2D eigenvalue weighted by Crippen LogP contribution is -2.27. The van der Waals surface area contributed by atoms with Crippen LogP contribution in [-0.4, -0.2) is 19.6 Å². The fourth-order valence-corrected chi connectivity index (χ4v) is 2.88. The van der Waals surface area contributed by atoms with Crippen molar-refractivity contribution in [3.8, 4) is 0 Å². The molecule has 1 N–H and O–H groups in total. The number of hydrogen-bond acceptors (Lipinski definition) is 2. The standard InChI is InChI=1S/C16H16Cl2N2/c17-14-6-5-13(11-15(14)18)19-8-10-20-9-7-12-3-1-2-4-16(12)20/h1-6,11,19H,7-10H2. The largest absolute Gasteiger partial charge is 0.383 e. The average molecular weight is 307 g/mol. The topological polar surface area (TPSA) is 15.3 Å². The molecule has 2 nitrogen and oxygen atoms in total. The first-order valence-electron chi connectivity index (χ1n) is 6.76. The van der Waals surface area contributed by atoms with E-state index in [1.165, 1.54) is 11.3 Å². The summed E-state index contributed by atoms with van der Waals surface area (Å²) in [5.41, 5.74) is 3.82. The highest BCUT2D eigenvalue weighted by molar-refractivity contribution is 6.42. The Hall–Kier alpha value is -1.38. The van der Waals surface area contributed by atoms with E-state index in [4.69, 9.17) is 23.2 Å². The van der Waals surface area contributed by atoms with Crippen molar-refractivity contribution in [2.24, 2.45) is 0 Å². The number of para-hydroxylation sites is 1. The summed E-state index contributed by atoms with van der Waals surface area (Å²) in [5, 5.41) is 4.56. The van der Waals surface area contributed by atoms with Crippen molar-refractivity contribution >= 4 is 34.6 Å². The molecule has 0 bridgehead atoms. The molecule has 0 spiro atoms. The first-order chi connectivity index (χ1) is 9.74. The molecule has 0 radical (unpaired) electrons. The van der Waals surface area contributed by atoms with Crippen LogP contribution in [0.1, 0.15) is 5.56 Å². The predicted octanol–water partition coefficient (Wildman–Crippen LogP) is 4.47. The average Bonchev–Trinajstić information content (AvgIpc) is 2.86. The fraction of sp³-hybridized carbons (Fsp3) is 0.250. The van der Waals surface area contributed by atoms with Gasteiger partial charge in [0, 0.05) is 31.0 Å². The Labute approximate surface area is 129 Å². The molecule has 0 saturated heterocycles. The second-order valence-electron chi connectivity index (χ2n) is 4.92. The van der Waals surface area contributed by atoms with E-state index in [1.807, 2.05) is 18.2 Å². The normalized spacial score (nSPS) is 13.4. The Morgan fingerprint density at radius 3 is 2.75 bits per heavy atom. The molecule has 20 heavy (non-hydrogen) atoms. The van der Waals surface area contributed by atoms with E-state index < -0.39 is 0 Å². The van der Waals surface area contributed by atoms with E-state index in [9.17, 15) is 0 Å². The van der Waals surface area contributed by atoms with Crippen LogP contribution in [0, 0.1) is 0 Å². The summed E-state index contributed by atoms with van der Waals surface area (Å²) in [5.74, 6) is 0. The molecule has 0 aliphatic carbocycles. The van der Waals surface area contributed by atoms with Crippen LogP contribution in [0.3, 0.4) is 0 Å². The Balaban J connectivity index is 1.57. The van der Waals surface area contributed by atoms with E-state index in [2.05, 4.69) is 34.5 Å². The van der Waals surface area contributed by atoms with Crippen molar-refractivity contribution < 1.29 is 0 Å². The zero-order valence-electron chi connectivity index (χ0n) is 11.1. The van der Waals surface area contributed by atoms with Crippen LogP contribution < -0.4 is 10.2 Å². The molecule has 2 aromatic rings. The molecule has 0 saturated carbocycles. The van der Waals surface area contributed by atoms with Gasteiger partial charge in [-0.3, -0.25) is 0 Å². The summed E-state index contributed by atoms with van der Waals surface area (Å²) in [4.78, 5) is 2.42. The van der Waals surface area contributed by atoms with E-state index in [0.717, 1.165) is 31.7 Å². The molecule has 1 heterocycles. The minimum Gasteiger partial charge on any atom is -0.383 e. The quantitative estimate of drug-likeness (QED) is 0.896. The summed E-state index contributed by atoms with van der Waals surface area (Å²) in [6, 6.07) is 14.2. The van der Waals surface area contributed by atoms with Crippen molar-refractivity contribution in [1.82, 2.24) is 0 Å². The molecule has 1 aliphatic rings. The van der Waals surface area contributed by atoms with Gasteiger partial charge in [-0.2, -0.15) is 0 Å². The van der Waals surface area contributed by atoms with E-state index in [-0.39, 0.29) is 0 Å². The van der Waals surface area contributed by atoms with Crippen LogP contribution in [0.4, 0.5) is 11.4 Å². The summed E-state index contributed by atoms with van der Waals surface area (Å²) in [6.45, 7) is 2.96. The lowest BCUT2D eigenvalue weighted by atomic mass is 10.2. The Morgan fingerprint density at radius 1 is 1.05 bits per heavy atom. The third-order valence-corrected chi connectivity index (χ3v) is 4.35. The number of hydrogen-bond donors (Lipinski definition) is 1. The van der Waals surface area contributed by atoms with Gasteiger partial charge in [0.05, 0.1) is 10.0 Å². The SMILES string of the molecule is Clc1ccc(NCCN2CCc3ccccc32)cc1Cl. The van der Waals surface area contributed by atoms with Crippen LogP contribution in [0.2, 0.25) is 10.0 Å². The number of fused-ring (bicyclic) bond motifs is 1. The van der Waals surface area contributed by atoms with Crippen LogP contribution in [-0.2, 0) is 6.42 Å². The number of rotatable bonds is 4. The smallest absolute Gasteiger partial charge is 0.0612 e. The van der Waals surface area contributed by atoms with Gasteiger partial charge in [0.2, 0.25) is 0 Å². The molecule has 4 heteroatoms. The molecule has 0 fully saturated rings. The Bertz CT molecular complexity index is 613. The predicted molar refractivity (Wildman–Crippen MR) is 87.3 cm³/mol. The van der Waals surface area contributed by atoms with Crippen molar-refractivity contribution in [2.45, 2.75) is 6.42 Å². The van der Waals surface area contributed by atoms with Crippen molar-refractivity contribution in [2.75, 3.05) is 29.9 Å². The second kappa shape index (κ2) is 5.94. The third kappa shape index (κ3) is 2.87. The minimum atomic E-state index is 0.586. The van der Waals surface area contributed by atoms with Gasteiger partial charge in [-0.25, -0.2) is 0 Å². The first kappa shape index (κ1) is 13.6. The highest BCUT2D eigenvalue weighted by Crippen LogP contribution is 2.27. The maximum absolute atomic E-state index is 6.00.